The van der Waals surface area contributed by atoms with Gasteiger partial charge >= 0.3 is 0 Å². The van der Waals surface area contributed by atoms with Gasteiger partial charge in [0.25, 0.3) is 0 Å². The molecule has 0 saturated carbocycles. The average Bonchev–Trinajstić information content (AvgIpc) is 2.88. The van der Waals surface area contributed by atoms with Crippen LogP contribution in [-0.4, -0.2) is 0 Å². The van der Waals surface area contributed by atoms with Gasteiger partial charge < -0.3 is 0 Å². The lowest BCUT2D eigenvalue weighted by molar-refractivity contribution is 0.636. The van der Waals surface area contributed by atoms with E-state index in [0.717, 1.165) is 30.2 Å². The van der Waals surface area contributed by atoms with Crippen LogP contribution in [0.4, 0.5) is 4.39 Å². The summed E-state index contributed by atoms with van der Waals surface area (Å²) in [5.74, 6) is 5.88. The molecule has 0 aliphatic rings. The Morgan fingerprint density at radius 2 is 1.26 bits per heavy atom. The molecule has 4 aromatic carbocycles. The first-order valence-electron chi connectivity index (χ1n) is 12.6. The fourth-order valence-corrected chi connectivity index (χ4v) is 4.30. The molecule has 1 heteroatoms. The number of hydrogen-bond acceptors (Lipinski definition) is 0. The quantitative estimate of drug-likeness (QED) is 0.187. The van der Waals surface area contributed by atoms with Crippen molar-refractivity contribution in [2.24, 2.45) is 0 Å². The second-order valence-electron chi connectivity index (χ2n) is 9.06. The third kappa shape index (κ3) is 6.15. The largest absolute Gasteiger partial charge is 0.205 e. The molecule has 0 radical (unpaired) electrons. The maximum atomic E-state index is 15.1. The van der Waals surface area contributed by atoms with Crippen molar-refractivity contribution in [1.29, 1.82) is 0 Å². The Labute approximate surface area is 203 Å². The molecule has 4 rings (SSSR count). The Morgan fingerprint density at radius 1 is 0.618 bits per heavy atom. The number of fused-ring (bicyclic) bond motifs is 1. The van der Waals surface area contributed by atoms with Gasteiger partial charge in [-0.05, 0) is 77.9 Å². The molecule has 0 amide bonds. The van der Waals surface area contributed by atoms with E-state index in [4.69, 9.17) is 0 Å². The standard InChI is InChI=1S/C33H33F/c1-3-5-6-7-26-12-14-27(15-13-26)16-17-29-19-23-32-31(24-29)22-21-30(33(32)34)20-18-28-10-8-25(4-2)9-11-28/h8-15,19,21-24H,3-7,16-17H2,1-2H3. The molecule has 0 unspecified atom stereocenters. The maximum Gasteiger partial charge on any atom is 0.146 e. The zero-order valence-corrected chi connectivity index (χ0v) is 20.3. The Kier molecular flexibility index (Phi) is 8.16. The van der Waals surface area contributed by atoms with E-state index in [1.807, 2.05) is 30.3 Å². The van der Waals surface area contributed by atoms with Gasteiger partial charge in [0.1, 0.15) is 5.82 Å². The number of hydrogen-bond donors (Lipinski definition) is 0. The van der Waals surface area contributed by atoms with E-state index in [9.17, 15) is 0 Å². The van der Waals surface area contributed by atoms with Crippen molar-refractivity contribution in [1.82, 2.24) is 0 Å². The minimum absolute atomic E-state index is 0.236. The highest BCUT2D eigenvalue weighted by atomic mass is 19.1. The van der Waals surface area contributed by atoms with Crippen LogP contribution in [0.15, 0.2) is 78.9 Å². The Bertz CT molecular complexity index is 1280. The molecular formula is C33H33F. The van der Waals surface area contributed by atoms with Gasteiger partial charge in [-0.15, -0.1) is 0 Å². The molecule has 4 aromatic rings. The minimum Gasteiger partial charge on any atom is -0.205 e. The molecule has 0 saturated heterocycles. The molecule has 0 fully saturated rings. The Balaban J connectivity index is 1.42. The predicted molar refractivity (Wildman–Crippen MR) is 143 cm³/mol. The van der Waals surface area contributed by atoms with Crippen LogP contribution in [0, 0.1) is 17.7 Å². The van der Waals surface area contributed by atoms with Gasteiger partial charge in [-0.2, -0.15) is 0 Å². The summed E-state index contributed by atoms with van der Waals surface area (Å²) in [5, 5.41) is 1.56. The van der Waals surface area contributed by atoms with Crippen LogP contribution in [0.2, 0.25) is 0 Å². The molecule has 0 heterocycles. The Hall–Kier alpha value is -3.37. The van der Waals surface area contributed by atoms with Crippen molar-refractivity contribution in [2.45, 2.75) is 58.8 Å². The molecule has 0 nitrogen and oxygen atoms in total. The molecule has 0 aliphatic heterocycles. The second kappa shape index (κ2) is 11.7. The van der Waals surface area contributed by atoms with Crippen molar-refractivity contribution >= 4 is 10.8 Å². The molecule has 0 N–H and O–H groups in total. The van der Waals surface area contributed by atoms with E-state index in [2.05, 4.69) is 68.2 Å². The van der Waals surface area contributed by atoms with Gasteiger partial charge in [0.05, 0.1) is 5.56 Å². The SMILES string of the molecule is CCCCCc1ccc(CCc2ccc3c(F)c(C#Cc4ccc(CC)cc4)ccc3c2)cc1. The first kappa shape index (κ1) is 23.8. The molecule has 0 aliphatic carbocycles. The summed E-state index contributed by atoms with van der Waals surface area (Å²) < 4.78 is 15.1. The fraction of sp³-hybridized carbons (Fsp3) is 0.273. The number of benzene rings is 4. The van der Waals surface area contributed by atoms with Crippen molar-refractivity contribution in [3.63, 3.8) is 0 Å². The second-order valence-corrected chi connectivity index (χ2v) is 9.06. The zero-order valence-electron chi connectivity index (χ0n) is 20.3. The summed E-state index contributed by atoms with van der Waals surface area (Å²) in [5.41, 5.74) is 6.63. The van der Waals surface area contributed by atoms with E-state index < -0.39 is 0 Å². The first-order chi connectivity index (χ1) is 16.7. The van der Waals surface area contributed by atoms with Crippen LogP contribution >= 0.6 is 0 Å². The van der Waals surface area contributed by atoms with Crippen LogP contribution in [0.25, 0.3) is 10.8 Å². The summed E-state index contributed by atoms with van der Waals surface area (Å²) in [6.07, 6.45) is 7.93. The van der Waals surface area contributed by atoms with Gasteiger partial charge in [0, 0.05) is 10.9 Å². The summed E-state index contributed by atoms with van der Waals surface area (Å²) in [7, 11) is 0. The monoisotopic (exact) mass is 448 g/mol. The lowest BCUT2D eigenvalue weighted by Gasteiger charge is -2.07. The molecule has 0 atom stereocenters. The highest BCUT2D eigenvalue weighted by Crippen LogP contribution is 2.23. The molecule has 172 valence electrons. The van der Waals surface area contributed by atoms with Gasteiger partial charge in [-0.25, -0.2) is 4.39 Å². The van der Waals surface area contributed by atoms with Crippen molar-refractivity contribution in [2.75, 3.05) is 0 Å². The normalized spacial score (nSPS) is 10.8. The van der Waals surface area contributed by atoms with Crippen LogP contribution in [0.5, 0.6) is 0 Å². The van der Waals surface area contributed by atoms with Crippen molar-refractivity contribution < 1.29 is 4.39 Å². The lowest BCUT2D eigenvalue weighted by Crippen LogP contribution is -1.94. The summed E-state index contributed by atoms with van der Waals surface area (Å²) in [6, 6.07) is 27.0. The topological polar surface area (TPSA) is 0 Å². The fourth-order valence-electron chi connectivity index (χ4n) is 4.30. The minimum atomic E-state index is -0.236. The third-order valence-electron chi connectivity index (χ3n) is 6.52. The maximum absolute atomic E-state index is 15.1. The van der Waals surface area contributed by atoms with Gasteiger partial charge in [0.15, 0.2) is 0 Å². The van der Waals surface area contributed by atoms with Crippen LogP contribution in [-0.2, 0) is 25.7 Å². The summed E-state index contributed by atoms with van der Waals surface area (Å²) in [4.78, 5) is 0. The van der Waals surface area contributed by atoms with Gasteiger partial charge in [-0.1, -0.05) is 99.2 Å². The zero-order chi connectivity index (χ0) is 23.8. The lowest BCUT2D eigenvalue weighted by atomic mass is 9.98. The van der Waals surface area contributed by atoms with E-state index in [0.29, 0.717) is 10.9 Å². The van der Waals surface area contributed by atoms with Gasteiger partial charge in [0.2, 0.25) is 0 Å². The van der Waals surface area contributed by atoms with E-state index in [-0.39, 0.29) is 5.82 Å². The molecular weight excluding hydrogens is 415 g/mol. The highest BCUT2D eigenvalue weighted by molar-refractivity contribution is 5.85. The average molecular weight is 449 g/mol. The van der Waals surface area contributed by atoms with Crippen LogP contribution in [0.1, 0.15) is 66.5 Å². The molecule has 0 bridgehead atoms. The molecule has 0 aromatic heterocycles. The van der Waals surface area contributed by atoms with Crippen molar-refractivity contribution in [3.8, 4) is 11.8 Å². The van der Waals surface area contributed by atoms with Crippen LogP contribution < -0.4 is 0 Å². The smallest absolute Gasteiger partial charge is 0.146 e. The summed E-state index contributed by atoms with van der Waals surface area (Å²) >= 11 is 0. The van der Waals surface area contributed by atoms with Gasteiger partial charge in [-0.3, -0.25) is 0 Å². The first-order valence-corrected chi connectivity index (χ1v) is 12.6. The number of rotatable bonds is 8. The molecule has 34 heavy (non-hydrogen) atoms. The van der Waals surface area contributed by atoms with Crippen molar-refractivity contribution in [3.05, 3.63) is 118 Å². The van der Waals surface area contributed by atoms with E-state index in [1.54, 1.807) is 6.07 Å². The number of halogens is 1. The summed E-state index contributed by atoms with van der Waals surface area (Å²) in [6.45, 7) is 4.37. The van der Waals surface area contributed by atoms with E-state index >= 15 is 4.39 Å². The Morgan fingerprint density at radius 3 is 1.97 bits per heavy atom. The highest BCUT2D eigenvalue weighted by Gasteiger charge is 2.07. The van der Waals surface area contributed by atoms with Crippen LogP contribution in [0.3, 0.4) is 0 Å². The third-order valence-corrected chi connectivity index (χ3v) is 6.52. The number of aryl methyl sites for hydroxylation is 4. The number of unbranched alkanes of at least 4 members (excludes halogenated alkanes) is 2. The molecule has 0 spiro atoms. The van der Waals surface area contributed by atoms with E-state index in [1.165, 1.54) is 47.9 Å². The predicted octanol–water partition coefficient (Wildman–Crippen LogP) is 8.46.